The van der Waals surface area contributed by atoms with E-state index >= 15 is 0 Å². The summed E-state index contributed by atoms with van der Waals surface area (Å²) in [5.41, 5.74) is -1.63. The maximum Gasteiger partial charge on any atom is 0.309 e. The number of rotatable bonds is 12. The van der Waals surface area contributed by atoms with Crippen LogP contribution in [0.1, 0.15) is 134 Å². The lowest BCUT2D eigenvalue weighted by molar-refractivity contribution is -0.409. The Balaban J connectivity index is 1.32. The molecular weight excluding hydrogens is 692 g/mol. The average molecular weight is 765 g/mol. The topological polar surface area (TPSA) is 161 Å². The number of aliphatic hydroxyl groups excluding tert-OH is 2. The van der Waals surface area contributed by atoms with Crippen molar-refractivity contribution in [2.24, 2.45) is 47.3 Å². The number of aliphatic hydroxyl groups is 3. The molecule has 4 N–H and O–H groups in total. The summed E-state index contributed by atoms with van der Waals surface area (Å²) in [6.07, 6.45) is 4.75. The highest BCUT2D eigenvalue weighted by atomic mass is 16.8. The molecule has 0 amide bonds. The van der Waals surface area contributed by atoms with Gasteiger partial charge in [-0.3, -0.25) is 9.59 Å². The quantitative estimate of drug-likeness (QED) is 0.162. The molecule has 5 aliphatic heterocycles. The number of carboxylic acids is 1. The average Bonchev–Trinajstić information content (AvgIpc) is 3.47. The van der Waals surface area contributed by atoms with Crippen LogP contribution in [0.4, 0.5) is 0 Å². The Bertz CT molecular complexity index is 1360. The predicted octanol–water partition coefficient (Wildman–Crippen LogP) is 6.43. The van der Waals surface area contributed by atoms with Crippen LogP contribution in [0.3, 0.4) is 0 Å². The van der Waals surface area contributed by atoms with Gasteiger partial charge in [-0.25, -0.2) is 0 Å². The van der Waals surface area contributed by atoms with E-state index in [4.69, 9.17) is 23.7 Å². The highest BCUT2D eigenvalue weighted by molar-refractivity contribution is 5.84. The van der Waals surface area contributed by atoms with Gasteiger partial charge in [0, 0.05) is 30.1 Å². The Morgan fingerprint density at radius 1 is 0.852 bits per heavy atom. The van der Waals surface area contributed by atoms with Gasteiger partial charge in [0.15, 0.2) is 5.79 Å². The van der Waals surface area contributed by atoms with Crippen molar-refractivity contribution >= 4 is 11.8 Å². The SMILES string of the molecule is CCC(C(=O)O)C1OC(C(C)C(O)C(C)C(=O)C(CC)C2O[C@]3(C=CC(O)[C@]4(CC[C@@](C)(C5CC[C@](O)(CC)C(C)O5)O4)O3)C(C)CC2C)C(C)CC1C. The molecule has 11 nitrogen and oxygen atoms in total. The van der Waals surface area contributed by atoms with E-state index in [0.29, 0.717) is 51.4 Å². The minimum Gasteiger partial charge on any atom is -0.481 e. The third-order valence-electron chi connectivity index (χ3n) is 14.8. The van der Waals surface area contributed by atoms with Gasteiger partial charge in [0.2, 0.25) is 5.79 Å². The van der Waals surface area contributed by atoms with Crippen molar-refractivity contribution in [2.75, 3.05) is 0 Å². The number of ether oxygens (including phenoxy) is 5. The van der Waals surface area contributed by atoms with Gasteiger partial charge in [-0.15, -0.1) is 0 Å². The normalized spacial score (nSPS) is 46.9. The first-order chi connectivity index (χ1) is 25.2. The lowest BCUT2D eigenvalue weighted by Crippen LogP contribution is -2.63. The molecule has 5 aliphatic rings. The molecule has 2 spiro atoms. The first-order valence-corrected chi connectivity index (χ1v) is 21.1. The van der Waals surface area contributed by atoms with Crippen molar-refractivity contribution in [1.29, 1.82) is 0 Å². The Kier molecular flexibility index (Phi) is 13.3. The molecule has 0 aromatic rings. The molecular formula is C43H72O11. The molecule has 0 aliphatic carbocycles. The van der Waals surface area contributed by atoms with Crippen LogP contribution in [0.25, 0.3) is 0 Å². The Labute approximate surface area is 323 Å². The van der Waals surface area contributed by atoms with Crippen LogP contribution in [-0.2, 0) is 33.3 Å². The summed E-state index contributed by atoms with van der Waals surface area (Å²) in [5, 5.41) is 44.2. The van der Waals surface area contributed by atoms with E-state index < -0.39 is 76.8 Å². The number of carbonyl (C=O) groups excluding carboxylic acids is 1. The molecule has 0 aromatic heterocycles. The summed E-state index contributed by atoms with van der Waals surface area (Å²) < 4.78 is 33.6. The van der Waals surface area contributed by atoms with Gasteiger partial charge in [-0.2, -0.15) is 0 Å². The van der Waals surface area contributed by atoms with Crippen molar-refractivity contribution in [3.8, 4) is 0 Å². The Morgan fingerprint density at radius 2 is 1.48 bits per heavy atom. The highest BCUT2D eigenvalue weighted by Gasteiger charge is 2.63. The van der Waals surface area contributed by atoms with Gasteiger partial charge >= 0.3 is 5.97 Å². The molecule has 19 atom stereocenters. The molecule has 310 valence electrons. The summed E-state index contributed by atoms with van der Waals surface area (Å²) in [6.45, 7) is 21.7. The summed E-state index contributed by atoms with van der Waals surface area (Å²) >= 11 is 0. The molecule has 54 heavy (non-hydrogen) atoms. The van der Waals surface area contributed by atoms with Crippen LogP contribution >= 0.6 is 0 Å². The molecule has 4 fully saturated rings. The van der Waals surface area contributed by atoms with Gasteiger partial charge in [-0.1, -0.05) is 62.3 Å². The van der Waals surface area contributed by atoms with E-state index in [0.717, 1.165) is 6.42 Å². The van der Waals surface area contributed by atoms with E-state index in [2.05, 4.69) is 20.8 Å². The highest BCUT2D eigenvalue weighted by Crippen LogP contribution is 2.54. The Morgan fingerprint density at radius 3 is 2.07 bits per heavy atom. The number of hydrogen-bond acceptors (Lipinski definition) is 10. The van der Waals surface area contributed by atoms with Gasteiger partial charge in [-0.05, 0) is 95.1 Å². The minimum absolute atomic E-state index is 0.0104. The summed E-state index contributed by atoms with van der Waals surface area (Å²) in [4.78, 5) is 26.6. The standard InChI is InChI=1S/C43H72O11/c1-12-30(35(46)27(8)34(45)28(9)36-23(4)21-24(5)37(51-36)31(13-2)39(47)48)38-25(6)22-26(7)42(52-38)18-15-32(44)43(54-42)20-19-40(11,53-43)33-16-17-41(49,14-3)29(10)50-33/h15,18,23-34,36-38,44-45,49H,12-14,16-17,19-22H2,1-11H3,(H,47,48)/t23?,24?,25?,26?,27?,28?,29?,30?,31?,32?,33?,34?,36?,37?,38?,40-,41+,42-,43-/m0/s1. The van der Waals surface area contributed by atoms with Gasteiger partial charge in [0.1, 0.15) is 11.9 Å². The third-order valence-corrected chi connectivity index (χ3v) is 14.8. The predicted molar refractivity (Wildman–Crippen MR) is 203 cm³/mol. The summed E-state index contributed by atoms with van der Waals surface area (Å²) in [5.74, 6) is -5.80. The summed E-state index contributed by atoms with van der Waals surface area (Å²) in [7, 11) is 0. The maximum atomic E-state index is 14.5. The second kappa shape index (κ2) is 16.4. The fraction of sp³-hybridized carbons (Fsp3) is 0.907. The number of Topliss-reactive ketones (excluding diaryl/α,β-unsaturated/α-hetero) is 1. The number of hydrogen-bond donors (Lipinski definition) is 4. The number of carboxylic acid groups (broad SMARTS) is 1. The second-order valence-electron chi connectivity index (χ2n) is 18.5. The van der Waals surface area contributed by atoms with Gasteiger partial charge in [0.25, 0.3) is 0 Å². The zero-order valence-electron chi connectivity index (χ0n) is 34.8. The van der Waals surface area contributed by atoms with Crippen molar-refractivity contribution < 1.29 is 53.7 Å². The largest absolute Gasteiger partial charge is 0.481 e. The molecule has 0 bridgehead atoms. The van der Waals surface area contributed by atoms with Crippen LogP contribution in [-0.4, -0.2) is 97.7 Å². The van der Waals surface area contributed by atoms with Crippen LogP contribution in [0.15, 0.2) is 12.2 Å². The van der Waals surface area contributed by atoms with Crippen molar-refractivity contribution in [1.82, 2.24) is 0 Å². The molecule has 15 unspecified atom stereocenters. The Hall–Kier alpha value is -1.44. The van der Waals surface area contributed by atoms with Gasteiger partial charge in [0.05, 0.1) is 53.7 Å². The zero-order chi connectivity index (χ0) is 40.1. The smallest absolute Gasteiger partial charge is 0.309 e. The lowest BCUT2D eigenvalue weighted by atomic mass is 9.72. The molecule has 5 rings (SSSR count). The van der Waals surface area contributed by atoms with Crippen LogP contribution < -0.4 is 0 Å². The van der Waals surface area contributed by atoms with E-state index in [1.165, 1.54) is 0 Å². The van der Waals surface area contributed by atoms with E-state index in [1.807, 2.05) is 48.5 Å². The number of ketones is 1. The lowest BCUT2D eigenvalue weighted by Gasteiger charge is -2.54. The second-order valence-corrected chi connectivity index (χ2v) is 18.5. The molecule has 0 saturated carbocycles. The molecule has 0 radical (unpaired) electrons. The number of aliphatic carboxylic acids is 1. The fourth-order valence-electron chi connectivity index (χ4n) is 10.9. The minimum atomic E-state index is -1.37. The molecule has 11 heteroatoms. The molecule has 5 heterocycles. The fourth-order valence-corrected chi connectivity index (χ4v) is 10.9. The zero-order valence-corrected chi connectivity index (χ0v) is 34.8. The third kappa shape index (κ3) is 7.88. The van der Waals surface area contributed by atoms with Crippen molar-refractivity contribution in [2.45, 2.75) is 199 Å². The van der Waals surface area contributed by atoms with Crippen LogP contribution in [0, 0.1) is 47.3 Å². The first kappa shape index (κ1) is 43.7. The van der Waals surface area contributed by atoms with Crippen molar-refractivity contribution in [3.63, 3.8) is 0 Å². The van der Waals surface area contributed by atoms with E-state index in [-0.39, 0.29) is 47.8 Å². The summed E-state index contributed by atoms with van der Waals surface area (Å²) in [6, 6.07) is 0. The molecule has 4 saturated heterocycles. The monoisotopic (exact) mass is 765 g/mol. The van der Waals surface area contributed by atoms with Crippen molar-refractivity contribution in [3.05, 3.63) is 12.2 Å². The molecule has 0 aromatic carbocycles. The van der Waals surface area contributed by atoms with E-state index in [9.17, 15) is 30.0 Å². The first-order valence-electron chi connectivity index (χ1n) is 21.1. The van der Waals surface area contributed by atoms with Crippen LogP contribution in [0.2, 0.25) is 0 Å². The van der Waals surface area contributed by atoms with Gasteiger partial charge < -0.3 is 44.1 Å². The van der Waals surface area contributed by atoms with Crippen LogP contribution in [0.5, 0.6) is 0 Å². The van der Waals surface area contributed by atoms with E-state index in [1.54, 1.807) is 19.1 Å². The number of carbonyl (C=O) groups is 2. The maximum absolute atomic E-state index is 14.5.